The van der Waals surface area contributed by atoms with E-state index in [1.807, 2.05) is 55.5 Å². The lowest BCUT2D eigenvalue weighted by atomic mass is 10.1. The summed E-state index contributed by atoms with van der Waals surface area (Å²) in [7, 11) is 1.58. The molecule has 138 valence electrons. The smallest absolute Gasteiger partial charge is 0.254 e. The maximum atomic E-state index is 12.3. The van der Waals surface area contributed by atoms with Crippen LogP contribution in [-0.2, 0) is 17.9 Å². The number of aromatic nitrogens is 2. The topological polar surface area (TPSA) is 73.2 Å². The minimum Gasteiger partial charge on any atom is -0.496 e. The first-order valence-electron chi connectivity index (χ1n) is 8.59. The number of hydrogen-bond acceptors (Lipinski definition) is 4. The van der Waals surface area contributed by atoms with Gasteiger partial charge in [-0.3, -0.25) is 14.2 Å². The Morgan fingerprint density at radius 2 is 1.89 bits per heavy atom. The number of aryl methyl sites for hydroxylation is 1. The molecule has 3 rings (SSSR count). The first-order valence-corrected chi connectivity index (χ1v) is 8.59. The SMILES string of the molecule is COc1ccccc1CNC(=O)Cn1cnc(-c2ccc(C)cc2)cc1=O. The van der Waals surface area contributed by atoms with Gasteiger partial charge in [0.05, 0.1) is 19.1 Å². The zero-order valence-electron chi connectivity index (χ0n) is 15.3. The van der Waals surface area contributed by atoms with Crippen molar-refractivity contribution in [3.05, 3.63) is 82.4 Å². The zero-order valence-corrected chi connectivity index (χ0v) is 15.3. The van der Waals surface area contributed by atoms with Crippen LogP contribution in [0.15, 0.2) is 65.7 Å². The van der Waals surface area contributed by atoms with E-state index in [1.165, 1.54) is 17.0 Å². The van der Waals surface area contributed by atoms with Crippen LogP contribution in [0.3, 0.4) is 0 Å². The molecule has 6 heteroatoms. The summed E-state index contributed by atoms with van der Waals surface area (Å²) in [5.74, 6) is 0.437. The van der Waals surface area contributed by atoms with Gasteiger partial charge in [0.2, 0.25) is 5.91 Å². The summed E-state index contributed by atoms with van der Waals surface area (Å²) in [4.78, 5) is 28.8. The van der Waals surface area contributed by atoms with Gasteiger partial charge in [-0.15, -0.1) is 0 Å². The fourth-order valence-corrected chi connectivity index (χ4v) is 2.68. The lowest BCUT2D eigenvalue weighted by Gasteiger charge is -2.10. The molecule has 0 atom stereocenters. The molecule has 1 N–H and O–H groups in total. The molecule has 0 aliphatic rings. The van der Waals surface area contributed by atoms with E-state index >= 15 is 0 Å². The van der Waals surface area contributed by atoms with Crippen LogP contribution in [-0.4, -0.2) is 22.6 Å². The van der Waals surface area contributed by atoms with Gasteiger partial charge < -0.3 is 10.1 Å². The number of ether oxygens (including phenoxy) is 1. The normalized spacial score (nSPS) is 10.4. The summed E-state index contributed by atoms with van der Waals surface area (Å²) in [6.45, 7) is 2.24. The Hall–Kier alpha value is -3.41. The Morgan fingerprint density at radius 3 is 2.59 bits per heavy atom. The summed E-state index contributed by atoms with van der Waals surface area (Å²) in [5.41, 5.74) is 3.19. The molecule has 2 aromatic carbocycles. The molecule has 0 aliphatic heterocycles. The maximum absolute atomic E-state index is 12.3. The summed E-state index contributed by atoms with van der Waals surface area (Å²) in [6.07, 6.45) is 1.40. The summed E-state index contributed by atoms with van der Waals surface area (Å²) in [5, 5.41) is 2.80. The van der Waals surface area contributed by atoms with Crippen LogP contribution in [0.1, 0.15) is 11.1 Å². The second kappa shape index (κ2) is 8.31. The third-order valence-corrected chi connectivity index (χ3v) is 4.21. The largest absolute Gasteiger partial charge is 0.496 e. The van der Waals surface area contributed by atoms with Crippen LogP contribution in [0.25, 0.3) is 11.3 Å². The third-order valence-electron chi connectivity index (χ3n) is 4.21. The molecule has 0 bridgehead atoms. The monoisotopic (exact) mass is 363 g/mol. The maximum Gasteiger partial charge on any atom is 0.254 e. The Bertz CT molecular complexity index is 994. The number of benzene rings is 2. The Balaban J connectivity index is 1.66. The van der Waals surface area contributed by atoms with Crippen LogP contribution in [0.5, 0.6) is 5.75 Å². The number of carbonyl (C=O) groups excluding carboxylic acids is 1. The van der Waals surface area contributed by atoms with Crippen LogP contribution < -0.4 is 15.6 Å². The van der Waals surface area contributed by atoms with E-state index in [4.69, 9.17) is 4.74 Å². The molecule has 6 nitrogen and oxygen atoms in total. The lowest BCUT2D eigenvalue weighted by Crippen LogP contribution is -2.32. The minimum atomic E-state index is -0.270. The number of methoxy groups -OCH3 is 1. The molecule has 0 fully saturated rings. The van der Waals surface area contributed by atoms with Crippen molar-refractivity contribution < 1.29 is 9.53 Å². The summed E-state index contributed by atoms with van der Waals surface area (Å²) in [6, 6.07) is 16.7. The van der Waals surface area contributed by atoms with Gasteiger partial charge in [0.15, 0.2) is 0 Å². The molecule has 0 saturated carbocycles. The standard InChI is InChI=1S/C21H21N3O3/c1-15-7-9-16(10-8-15)18-11-21(26)24(14-23-18)13-20(25)22-12-17-5-3-4-6-19(17)27-2/h3-11,14H,12-13H2,1-2H3,(H,22,25). The number of hydrogen-bond donors (Lipinski definition) is 1. The van der Waals surface area contributed by atoms with Crippen LogP contribution in [0.2, 0.25) is 0 Å². The second-order valence-corrected chi connectivity index (χ2v) is 6.19. The minimum absolute atomic E-state index is 0.0881. The number of nitrogens with one attached hydrogen (secondary N) is 1. The van der Waals surface area contributed by atoms with Crippen molar-refractivity contribution >= 4 is 5.91 Å². The number of rotatable bonds is 6. The predicted molar refractivity (Wildman–Crippen MR) is 104 cm³/mol. The third kappa shape index (κ3) is 4.61. The van der Waals surface area contributed by atoms with E-state index in [2.05, 4.69) is 10.3 Å². The van der Waals surface area contributed by atoms with E-state index in [0.717, 1.165) is 16.7 Å². The Morgan fingerprint density at radius 1 is 1.15 bits per heavy atom. The number of nitrogens with zero attached hydrogens (tertiary/aromatic N) is 2. The van der Waals surface area contributed by atoms with E-state index in [1.54, 1.807) is 7.11 Å². The quantitative estimate of drug-likeness (QED) is 0.730. The summed E-state index contributed by atoms with van der Waals surface area (Å²) >= 11 is 0. The highest BCUT2D eigenvalue weighted by atomic mass is 16.5. The van der Waals surface area contributed by atoms with Crippen molar-refractivity contribution in [1.82, 2.24) is 14.9 Å². The van der Waals surface area contributed by atoms with E-state index in [0.29, 0.717) is 18.0 Å². The number of para-hydroxylation sites is 1. The highest BCUT2D eigenvalue weighted by Gasteiger charge is 2.08. The predicted octanol–water partition coefficient (Wildman–Crippen LogP) is 2.54. The van der Waals surface area contributed by atoms with Crippen molar-refractivity contribution in [2.75, 3.05) is 7.11 Å². The van der Waals surface area contributed by atoms with E-state index in [9.17, 15) is 9.59 Å². The first kappa shape index (κ1) is 18.4. The van der Waals surface area contributed by atoms with Gasteiger partial charge in [0.1, 0.15) is 12.3 Å². The average Bonchev–Trinajstić information content (AvgIpc) is 2.69. The zero-order chi connectivity index (χ0) is 19.2. The van der Waals surface area contributed by atoms with E-state index < -0.39 is 0 Å². The highest BCUT2D eigenvalue weighted by molar-refractivity contribution is 5.75. The molecule has 27 heavy (non-hydrogen) atoms. The van der Waals surface area contributed by atoms with Crippen molar-refractivity contribution in [3.8, 4) is 17.0 Å². The van der Waals surface area contributed by atoms with Crippen molar-refractivity contribution in [3.63, 3.8) is 0 Å². The molecule has 0 radical (unpaired) electrons. The van der Waals surface area contributed by atoms with Gasteiger partial charge in [-0.1, -0.05) is 48.0 Å². The fraction of sp³-hybridized carbons (Fsp3) is 0.190. The van der Waals surface area contributed by atoms with Crippen LogP contribution in [0, 0.1) is 6.92 Å². The van der Waals surface area contributed by atoms with Gasteiger partial charge in [0, 0.05) is 23.7 Å². The molecule has 3 aromatic rings. The molecular weight excluding hydrogens is 342 g/mol. The van der Waals surface area contributed by atoms with Crippen molar-refractivity contribution in [2.24, 2.45) is 0 Å². The van der Waals surface area contributed by atoms with Crippen molar-refractivity contribution in [2.45, 2.75) is 20.0 Å². The molecule has 0 unspecified atom stereocenters. The van der Waals surface area contributed by atoms with Gasteiger partial charge in [0.25, 0.3) is 5.56 Å². The average molecular weight is 363 g/mol. The summed E-state index contributed by atoms with van der Waals surface area (Å²) < 4.78 is 6.55. The molecule has 0 aliphatic carbocycles. The molecule has 1 aromatic heterocycles. The number of amides is 1. The Labute approximate surface area is 157 Å². The van der Waals surface area contributed by atoms with Gasteiger partial charge >= 0.3 is 0 Å². The molecule has 1 heterocycles. The van der Waals surface area contributed by atoms with Crippen LogP contribution >= 0.6 is 0 Å². The second-order valence-electron chi connectivity index (χ2n) is 6.19. The van der Waals surface area contributed by atoms with Gasteiger partial charge in [-0.25, -0.2) is 4.98 Å². The molecule has 1 amide bonds. The van der Waals surface area contributed by atoms with Gasteiger partial charge in [-0.05, 0) is 13.0 Å². The van der Waals surface area contributed by atoms with E-state index in [-0.39, 0.29) is 18.0 Å². The number of carbonyl (C=O) groups is 1. The molecule has 0 saturated heterocycles. The van der Waals surface area contributed by atoms with Crippen molar-refractivity contribution in [1.29, 1.82) is 0 Å². The van der Waals surface area contributed by atoms with Gasteiger partial charge in [-0.2, -0.15) is 0 Å². The fourth-order valence-electron chi connectivity index (χ4n) is 2.68. The molecular formula is C21H21N3O3. The lowest BCUT2D eigenvalue weighted by molar-refractivity contribution is -0.121. The highest BCUT2D eigenvalue weighted by Crippen LogP contribution is 2.17. The Kier molecular flexibility index (Phi) is 5.66. The molecule has 0 spiro atoms. The van der Waals surface area contributed by atoms with Crippen LogP contribution in [0.4, 0.5) is 0 Å². The first-order chi connectivity index (χ1) is 13.1.